The number of rotatable bonds is 5. The molecule has 1 radical (unpaired) electrons. The summed E-state index contributed by atoms with van der Waals surface area (Å²) in [6.07, 6.45) is 6.74. The predicted molar refractivity (Wildman–Crippen MR) is 100 cm³/mol. The average molecular weight is 326 g/mol. The van der Waals surface area contributed by atoms with E-state index in [1.165, 1.54) is 42.4 Å². The van der Waals surface area contributed by atoms with Crippen LogP contribution in [-0.4, -0.2) is 29.5 Å². The fourth-order valence-corrected chi connectivity index (χ4v) is 4.05. The SMILES string of the molecule is C[C](C)CN1CCC(c2nc(C=Cc3ccccc3)cs2)CC1. The van der Waals surface area contributed by atoms with E-state index in [1.54, 1.807) is 0 Å². The van der Waals surface area contributed by atoms with E-state index >= 15 is 0 Å². The van der Waals surface area contributed by atoms with Gasteiger partial charge in [0.2, 0.25) is 0 Å². The van der Waals surface area contributed by atoms with Gasteiger partial charge in [-0.15, -0.1) is 11.3 Å². The second-order valence-corrected chi connectivity index (χ2v) is 7.50. The van der Waals surface area contributed by atoms with Crippen molar-refractivity contribution in [2.75, 3.05) is 19.6 Å². The van der Waals surface area contributed by atoms with Crippen molar-refractivity contribution in [1.29, 1.82) is 0 Å². The van der Waals surface area contributed by atoms with Crippen molar-refractivity contribution in [2.45, 2.75) is 32.6 Å². The third kappa shape index (κ3) is 4.76. The molecular formula is C20H25N2S. The van der Waals surface area contributed by atoms with Crippen molar-refractivity contribution in [3.05, 3.63) is 57.9 Å². The minimum absolute atomic E-state index is 0.646. The Morgan fingerprint density at radius 1 is 1.17 bits per heavy atom. The molecule has 0 amide bonds. The Morgan fingerprint density at radius 3 is 2.61 bits per heavy atom. The first-order valence-electron chi connectivity index (χ1n) is 8.40. The van der Waals surface area contributed by atoms with Gasteiger partial charge in [0.1, 0.15) is 0 Å². The predicted octanol–water partition coefficient (Wildman–Crippen LogP) is 5.11. The van der Waals surface area contributed by atoms with Gasteiger partial charge in [-0.3, -0.25) is 0 Å². The lowest BCUT2D eigenvalue weighted by Crippen LogP contribution is -2.35. The largest absolute Gasteiger partial charge is 0.303 e. The molecule has 2 heterocycles. The number of hydrogen-bond donors (Lipinski definition) is 0. The molecule has 0 N–H and O–H groups in total. The summed E-state index contributed by atoms with van der Waals surface area (Å²) in [6, 6.07) is 10.4. The monoisotopic (exact) mass is 325 g/mol. The minimum atomic E-state index is 0.646. The van der Waals surface area contributed by atoms with Gasteiger partial charge < -0.3 is 4.90 Å². The number of nitrogens with zero attached hydrogens (tertiary/aromatic N) is 2. The first-order chi connectivity index (χ1) is 11.2. The van der Waals surface area contributed by atoms with Crippen molar-refractivity contribution in [3.63, 3.8) is 0 Å². The molecule has 121 valence electrons. The van der Waals surface area contributed by atoms with Crippen LogP contribution in [0.5, 0.6) is 0 Å². The zero-order chi connectivity index (χ0) is 16.1. The van der Waals surface area contributed by atoms with Gasteiger partial charge in [-0.2, -0.15) is 0 Å². The van der Waals surface area contributed by atoms with Gasteiger partial charge in [-0.25, -0.2) is 4.98 Å². The van der Waals surface area contributed by atoms with Crippen LogP contribution in [-0.2, 0) is 0 Å². The molecule has 0 bridgehead atoms. The van der Waals surface area contributed by atoms with Crippen molar-refractivity contribution in [1.82, 2.24) is 9.88 Å². The number of aromatic nitrogens is 1. The number of thiazole rings is 1. The molecule has 0 atom stereocenters. The Hall–Kier alpha value is -1.45. The normalized spacial score (nSPS) is 17.3. The lowest BCUT2D eigenvalue weighted by atomic mass is 9.97. The molecule has 0 aliphatic carbocycles. The van der Waals surface area contributed by atoms with E-state index in [9.17, 15) is 0 Å². The van der Waals surface area contributed by atoms with Crippen LogP contribution < -0.4 is 0 Å². The zero-order valence-corrected chi connectivity index (χ0v) is 14.9. The molecule has 1 fully saturated rings. The number of piperidine rings is 1. The maximum absolute atomic E-state index is 4.84. The van der Waals surface area contributed by atoms with Crippen LogP contribution in [0.1, 0.15) is 48.9 Å². The van der Waals surface area contributed by atoms with Crippen LogP contribution >= 0.6 is 11.3 Å². The summed E-state index contributed by atoms with van der Waals surface area (Å²) in [7, 11) is 0. The highest BCUT2D eigenvalue weighted by Crippen LogP contribution is 2.31. The summed E-state index contributed by atoms with van der Waals surface area (Å²) in [5.74, 6) is 2.15. The minimum Gasteiger partial charge on any atom is -0.303 e. The van der Waals surface area contributed by atoms with Gasteiger partial charge in [-0.05, 0) is 43.5 Å². The lowest BCUT2D eigenvalue weighted by molar-refractivity contribution is 0.220. The van der Waals surface area contributed by atoms with Crippen LogP contribution in [0.2, 0.25) is 0 Å². The molecule has 0 saturated carbocycles. The first kappa shape index (κ1) is 16.4. The molecule has 1 aliphatic rings. The molecular weight excluding hydrogens is 300 g/mol. The lowest BCUT2D eigenvalue weighted by Gasteiger charge is -2.31. The van der Waals surface area contributed by atoms with E-state index < -0.39 is 0 Å². The molecule has 0 spiro atoms. The summed E-state index contributed by atoms with van der Waals surface area (Å²) in [6.45, 7) is 7.99. The third-order valence-electron chi connectivity index (χ3n) is 4.26. The van der Waals surface area contributed by atoms with E-state index in [0.29, 0.717) is 5.92 Å². The second kappa shape index (κ2) is 7.89. The smallest absolute Gasteiger partial charge is 0.0964 e. The summed E-state index contributed by atoms with van der Waals surface area (Å²) < 4.78 is 0. The van der Waals surface area contributed by atoms with Crippen molar-refractivity contribution in [2.24, 2.45) is 0 Å². The van der Waals surface area contributed by atoms with E-state index in [-0.39, 0.29) is 0 Å². The fourth-order valence-electron chi connectivity index (χ4n) is 3.10. The zero-order valence-electron chi connectivity index (χ0n) is 14.0. The third-order valence-corrected chi connectivity index (χ3v) is 5.29. The average Bonchev–Trinajstić information content (AvgIpc) is 3.03. The molecule has 1 aromatic heterocycles. The standard InChI is InChI=1S/C20H25N2S/c1-16(2)14-22-12-10-18(11-13-22)20-21-19(15-23-20)9-8-17-6-4-3-5-7-17/h3-9,15,18H,10-14H2,1-2H3. The van der Waals surface area contributed by atoms with Crippen molar-refractivity contribution >= 4 is 23.5 Å². The van der Waals surface area contributed by atoms with Gasteiger partial charge in [0.15, 0.2) is 0 Å². The summed E-state index contributed by atoms with van der Waals surface area (Å²) in [4.78, 5) is 7.41. The van der Waals surface area contributed by atoms with Crippen molar-refractivity contribution < 1.29 is 0 Å². The van der Waals surface area contributed by atoms with Crippen LogP contribution in [0.3, 0.4) is 0 Å². The molecule has 1 aliphatic heterocycles. The van der Waals surface area contributed by atoms with E-state index in [0.717, 1.165) is 12.2 Å². The Balaban J connectivity index is 1.57. The molecule has 23 heavy (non-hydrogen) atoms. The van der Waals surface area contributed by atoms with Crippen LogP contribution in [0.15, 0.2) is 35.7 Å². The van der Waals surface area contributed by atoms with Gasteiger partial charge >= 0.3 is 0 Å². The van der Waals surface area contributed by atoms with Crippen molar-refractivity contribution in [3.8, 4) is 0 Å². The highest BCUT2D eigenvalue weighted by Gasteiger charge is 2.23. The Labute approximate surface area is 143 Å². The van der Waals surface area contributed by atoms with Gasteiger partial charge in [0.05, 0.1) is 10.7 Å². The first-order valence-corrected chi connectivity index (χ1v) is 9.28. The maximum Gasteiger partial charge on any atom is 0.0964 e. The topological polar surface area (TPSA) is 16.1 Å². The maximum atomic E-state index is 4.84. The summed E-state index contributed by atoms with van der Waals surface area (Å²) in [5.41, 5.74) is 2.32. The molecule has 0 unspecified atom stereocenters. The Kier molecular flexibility index (Phi) is 5.63. The molecule has 1 aromatic carbocycles. The number of hydrogen-bond acceptors (Lipinski definition) is 3. The number of likely N-dealkylation sites (tertiary alicyclic amines) is 1. The van der Waals surface area contributed by atoms with Crippen LogP contribution in [0.25, 0.3) is 12.2 Å². The summed E-state index contributed by atoms with van der Waals surface area (Å²) in [5, 5.41) is 3.50. The Bertz CT molecular complexity index is 622. The van der Waals surface area contributed by atoms with E-state index in [1.807, 2.05) is 17.4 Å². The highest BCUT2D eigenvalue weighted by molar-refractivity contribution is 7.09. The van der Waals surface area contributed by atoms with Gasteiger partial charge in [-0.1, -0.05) is 50.3 Å². The molecule has 1 saturated heterocycles. The Morgan fingerprint density at radius 2 is 1.91 bits per heavy atom. The number of benzene rings is 1. The molecule has 3 rings (SSSR count). The summed E-state index contributed by atoms with van der Waals surface area (Å²) >= 11 is 1.82. The highest BCUT2D eigenvalue weighted by atomic mass is 32.1. The quantitative estimate of drug-likeness (QED) is 0.759. The fraction of sp³-hybridized carbons (Fsp3) is 0.400. The molecule has 3 heteroatoms. The molecule has 2 nitrogen and oxygen atoms in total. The molecule has 2 aromatic rings. The van der Waals surface area contributed by atoms with Crippen LogP contribution in [0.4, 0.5) is 0 Å². The second-order valence-electron chi connectivity index (χ2n) is 6.61. The van der Waals surface area contributed by atoms with E-state index in [4.69, 9.17) is 4.98 Å². The van der Waals surface area contributed by atoms with Crippen LogP contribution in [0, 0.1) is 5.92 Å². The van der Waals surface area contributed by atoms with Gasteiger partial charge in [0.25, 0.3) is 0 Å². The van der Waals surface area contributed by atoms with Gasteiger partial charge in [0, 0.05) is 17.8 Å². The van der Waals surface area contributed by atoms with E-state index in [2.05, 4.69) is 60.5 Å².